The minimum absolute atomic E-state index is 1.08. The van der Waals surface area contributed by atoms with Crippen molar-refractivity contribution in [1.29, 1.82) is 0 Å². The van der Waals surface area contributed by atoms with Gasteiger partial charge in [-0.3, -0.25) is 0 Å². The van der Waals surface area contributed by atoms with Crippen LogP contribution in [0.4, 0.5) is 5.69 Å². The molecule has 1 nitrogen and oxygen atoms in total. The molecule has 0 amide bonds. The van der Waals surface area contributed by atoms with Crippen molar-refractivity contribution in [1.82, 2.24) is 0 Å². The quantitative estimate of drug-likeness (QED) is 0.505. The second-order valence-electron chi connectivity index (χ2n) is 6.39. The van der Waals surface area contributed by atoms with E-state index in [9.17, 15) is 0 Å². The summed E-state index contributed by atoms with van der Waals surface area (Å²) in [5, 5.41) is 0. The van der Waals surface area contributed by atoms with Crippen LogP contribution in [-0.4, -0.2) is 13.1 Å². The van der Waals surface area contributed by atoms with Crippen molar-refractivity contribution in [2.24, 2.45) is 0 Å². The second-order valence-corrected chi connectivity index (χ2v) is 6.39. The highest BCUT2D eigenvalue weighted by atomic mass is 15.1. The Morgan fingerprint density at radius 1 is 0.952 bits per heavy atom. The number of anilines is 1. The highest BCUT2D eigenvalue weighted by molar-refractivity contribution is 5.71. The molecule has 0 saturated carbocycles. The van der Waals surface area contributed by atoms with Crippen molar-refractivity contribution >= 4 is 11.8 Å². The molecule has 1 heteroatoms. The molecule has 1 aliphatic heterocycles. The molecule has 0 unspecified atom stereocenters. The highest BCUT2D eigenvalue weighted by Gasteiger charge is 2.12. The normalized spacial score (nSPS) is 13.5. The Bertz CT molecular complexity index is 447. The average molecular weight is 285 g/mol. The lowest BCUT2D eigenvalue weighted by Gasteiger charge is -2.28. The highest BCUT2D eigenvalue weighted by Crippen LogP contribution is 2.27. The Labute approximate surface area is 131 Å². The van der Waals surface area contributed by atoms with Crippen LogP contribution in [0.15, 0.2) is 24.3 Å². The summed E-state index contributed by atoms with van der Waals surface area (Å²) in [6, 6.07) is 6.82. The summed E-state index contributed by atoms with van der Waals surface area (Å²) in [6.45, 7) is 6.74. The molecule has 0 atom stereocenters. The van der Waals surface area contributed by atoms with Crippen LogP contribution in [0.2, 0.25) is 0 Å². The SMILES string of the molecule is CCCCCCCCCCN1CC=Cc2cc(C)ccc21. The monoisotopic (exact) mass is 285 g/mol. The van der Waals surface area contributed by atoms with Gasteiger partial charge in [0.05, 0.1) is 0 Å². The maximum atomic E-state index is 2.53. The summed E-state index contributed by atoms with van der Waals surface area (Å²) in [5.41, 5.74) is 4.17. The summed E-state index contributed by atoms with van der Waals surface area (Å²) < 4.78 is 0. The van der Waals surface area contributed by atoms with Gasteiger partial charge in [-0.2, -0.15) is 0 Å². The molecule has 0 aromatic heterocycles. The van der Waals surface area contributed by atoms with Crippen LogP contribution in [0.5, 0.6) is 0 Å². The van der Waals surface area contributed by atoms with Gasteiger partial charge in [0.25, 0.3) is 0 Å². The second kappa shape index (κ2) is 8.92. The molecule has 0 N–H and O–H groups in total. The lowest BCUT2D eigenvalue weighted by molar-refractivity contribution is 0.573. The van der Waals surface area contributed by atoms with Gasteiger partial charge >= 0.3 is 0 Å². The molecule has 2 rings (SSSR count). The molecule has 116 valence electrons. The van der Waals surface area contributed by atoms with E-state index >= 15 is 0 Å². The molecule has 0 saturated heterocycles. The van der Waals surface area contributed by atoms with E-state index in [2.05, 4.69) is 49.1 Å². The maximum absolute atomic E-state index is 2.53. The van der Waals surface area contributed by atoms with Crippen molar-refractivity contribution < 1.29 is 0 Å². The van der Waals surface area contributed by atoms with Gasteiger partial charge in [0.15, 0.2) is 0 Å². The molecule has 1 aromatic rings. The number of hydrogen-bond donors (Lipinski definition) is 0. The van der Waals surface area contributed by atoms with Gasteiger partial charge in [-0.05, 0) is 31.0 Å². The molecule has 0 fully saturated rings. The first-order valence-electron chi connectivity index (χ1n) is 8.83. The van der Waals surface area contributed by atoms with Crippen molar-refractivity contribution in [3.8, 4) is 0 Å². The summed E-state index contributed by atoms with van der Waals surface area (Å²) in [5.74, 6) is 0. The average Bonchev–Trinajstić information content (AvgIpc) is 2.49. The number of aryl methyl sites for hydroxylation is 1. The molecule has 1 aliphatic rings. The van der Waals surface area contributed by atoms with Crippen LogP contribution < -0.4 is 4.90 Å². The standard InChI is InChI=1S/C20H31N/c1-3-4-5-6-7-8-9-10-15-21-16-11-12-19-17-18(2)13-14-20(19)21/h11-14,17H,3-10,15-16H2,1-2H3. The van der Waals surface area contributed by atoms with Crippen LogP contribution in [0.25, 0.3) is 6.08 Å². The smallest absolute Gasteiger partial charge is 0.0442 e. The first-order chi connectivity index (χ1) is 10.3. The van der Waals surface area contributed by atoms with Crippen molar-refractivity contribution in [2.75, 3.05) is 18.0 Å². The predicted molar refractivity (Wildman–Crippen MR) is 95.0 cm³/mol. The summed E-state index contributed by atoms with van der Waals surface area (Å²) >= 11 is 0. The van der Waals surface area contributed by atoms with Crippen LogP contribution >= 0.6 is 0 Å². The molecule has 0 radical (unpaired) electrons. The van der Waals surface area contributed by atoms with E-state index in [1.807, 2.05) is 0 Å². The number of fused-ring (bicyclic) bond motifs is 1. The van der Waals surface area contributed by atoms with Crippen LogP contribution in [0.1, 0.15) is 69.4 Å². The van der Waals surface area contributed by atoms with E-state index in [-0.39, 0.29) is 0 Å². The fourth-order valence-electron chi connectivity index (χ4n) is 3.15. The lowest BCUT2D eigenvalue weighted by Crippen LogP contribution is -2.27. The zero-order valence-electron chi connectivity index (χ0n) is 13.9. The van der Waals surface area contributed by atoms with Crippen molar-refractivity contribution in [3.05, 3.63) is 35.4 Å². The molecule has 21 heavy (non-hydrogen) atoms. The number of unbranched alkanes of at least 4 members (excludes halogenated alkanes) is 7. The van der Waals surface area contributed by atoms with Gasteiger partial charge in [-0.25, -0.2) is 0 Å². The first-order valence-corrected chi connectivity index (χ1v) is 8.83. The number of hydrogen-bond acceptors (Lipinski definition) is 1. The van der Waals surface area contributed by atoms with Crippen LogP contribution in [0, 0.1) is 6.92 Å². The molecular formula is C20H31N. The van der Waals surface area contributed by atoms with Crippen LogP contribution in [-0.2, 0) is 0 Å². The van der Waals surface area contributed by atoms with Gasteiger partial charge in [-0.15, -0.1) is 0 Å². The van der Waals surface area contributed by atoms with Crippen LogP contribution in [0.3, 0.4) is 0 Å². The van der Waals surface area contributed by atoms with Crippen molar-refractivity contribution in [3.63, 3.8) is 0 Å². The largest absolute Gasteiger partial charge is 0.367 e. The first kappa shape index (κ1) is 16.1. The molecule has 0 spiro atoms. The Balaban J connectivity index is 1.67. The van der Waals surface area contributed by atoms with E-state index in [0.29, 0.717) is 0 Å². The minimum atomic E-state index is 1.08. The molecular weight excluding hydrogens is 254 g/mol. The third kappa shape index (κ3) is 5.22. The predicted octanol–water partition coefficient (Wildman–Crippen LogP) is 5.97. The van der Waals surface area contributed by atoms with Gasteiger partial charge in [0.1, 0.15) is 0 Å². The van der Waals surface area contributed by atoms with E-state index in [1.54, 1.807) is 0 Å². The topological polar surface area (TPSA) is 3.24 Å². The molecule has 0 aliphatic carbocycles. The van der Waals surface area contributed by atoms with E-state index in [1.165, 1.54) is 74.7 Å². The fraction of sp³-hybridized carbons (Fsp3) is 0.600. The third-order valence-electron chi connectivity index (χ3n) is 4.43. The number of nitrogens with zero attached hydrogens (tertiary/aromatic N) is 1. The Morgan fingerprint density at radius 3 is 2.43 bits per heavy atom. The summed E-state index contributed by atoms with van der Waals surface area (Å²) in [6.07, 6.45) is 15.7. The zero-order chi connectivity index (χ0) is 14.9. The zero-order valence-corrected chi connectivity index (χ0v) is 13.9. The minimum Gasteiger partial charge on any atom is -0.367 e. The molecule has 1 aromatic carbocycles. The summed E-state index contributed by atoms with van der Waals surface area (Å²) in [4.78, 5) is 2.53. The van der Waals surface area contributed by atoms with Gasteiger partial charge in [-0.1, -0.05) is 75.7 Å². The van der Waals surface area contributed by atoms with E-state index in [0.717, 1.165) is 6.54 Å². The van der Waals surface area contributed by atoms with Gasteiger partial charge in [0.2, 0.25) is 0 Å². The van der Waals surface area contributed by atoms with Gasteiger partial charge in [0, 0.05) is 18.8 Å². The third-order valence-corrected chi connectivity index (χ3v) is 4.43. The number of rotatable bonds is 9. The Kier molecular flexibility index (Phi) is 6.85. The fourth-order valence-corrected chi connectivity index (χ4v) is 3.15. The Hall–Kier alpha value is -1.24. The Morgan fingerprint density at radius 2 is 1.67 bits per heavy atom. The van der Waals surface area contributed by atoms with E-state index in [4.69, 9.17) is 0 Å². The van der Waals surface area contributed by atoms with Gasteiger partial charge < -0.3 is 4.90 Å². The van der Waals surface area contributed by atoms with E-state index < -0.39 is 0 Å². The lowest BCUT2D eigenvalue weighted by atomic mass is 10.0. The number of benzene rings is 1. The van der Waals surface area contributed by atoms with Crippen molar-refractivity contribution in [2.45, 2.75) is 65.2 Å². The maximum Gasteiger partial charge on any atom is 0.0442 e. The summed E-state index contributed by atoms with van der Waals surface area (Å²) in [7, 11) is 0. The molecule has 0 bridgehead atoms. The molecule has 1 heterocycles.